The Morgan fingerprint density at radius 1 is 1.02 bits per heavy atom. The van der Waals surface area contributed by atoms with E-state index < -0.39 is 16.8 Å². The quantitative estimate of drug-likeness (QED) is 0.0950. The summed E-state index contributed by atoms with van der Waals surface area (Å²) in [6, 6.07) is 20.1. The maximum Gasteiger partial charge on any atom is 0.294 e. The largest absolute Gasteiger partial charge is 0.494 e. The number of hydrogen-bond donors (Lipinski definition) is 2. The van der Waals surface area contributed by atoms with Gasteiger partial charge >= 0.3 is 0 Å². The second kappa shape index (κ2) is 14.6. The molecule has 2 N–H and O–H groups in total. The Hall–Kier alpha value is -4.73. The average molecular weight is 601 g/mol. The number of rotatable bonds is 14. The number of aryl methyl sites for hydroxylation is 1. The zero-order valence-electron chi connectivity index (χ0n) is 24.8. The number of nitrogens with zero attached hydrogens (tertiary/aromatic N) is 2. The fourth-order valence-electron chi connectivity index (χ4n) is 5.55. The van der Waals surface area contributed by atoms with Crippen LogP contribution in [0.4, 0.5) is 10.1 Å². The number of nitrogens with one attached hydrogen (secondary N) is 2. The zero-order valence-corrected chi connectivity index (χ0v) is 24.8. The number of benzene rings is 3. The first-order chi connectivity index (χ1) is 21.4. The molecule has 0 aliphatic heterocycles. The number of halogens is 1. The number of fused-ring (bicyclic) bond motifs is 2. The van der Waals surface area contributed by atoms with E-state index in [2.05, 4.69) is 21.5 Å². The number of unbranched alkanes of at least 4 members (excludes halogenated alkanes) is 1. The van der Waals surface area contributed by atoms with Gasteiger partial charge in [0, 0.05) is 35.4 Å². The minimum absolute atomic E-state index is 0.0352. The van der Waals surface area contributed by atoms with Crippen molar-refractivity contribution in [3.63, 3.8) is 0 Å². The number of carbonyl (C=O) groups is 1. The lowest BCUT2D eigenvalue weighted by Crippen LogP contribution is -2.32. The highest BCUT2D eigenvalue weighted by molar-refractivity contribution is 5.93. The van der Waals surface area contributed by atoms with Crippen molar-refractivity contribution in [2.75, 3.05) is 31.6 Å². The van der Waals surface area contributed by atoms with E-state index in [1.807, 2.05) is 18.2 Å². The molecule has 10 heteroatoms. The predicted molar refractivity (Wildman–Crippen MR) is 168 cm³/mol. The molecule has 1 aliphatic rings. The minimum Gasteiger partial charge on any atom is -0.494 e. The molecule has 0 spiro atoms. The third-order valence-electron chi connectivity index (χ3n) is 7.95. The first-order valence-electron chi connectivity index (χ1n) is 15.1. The topological polar surface area (TPSA) is 116 Å². The van der Waals surface area contributed by atoms with Gasteiger partial charge in [-0.3, -0.25) is 9.78 Å². The summed E-state index contributed by atoms with van der Waals surface area (Å²) >= 11 is 0. The van der Waals surface area contributed by atoms with Crippen molar-refractivity contribution >= 4 is 22.5 Å². The molecule has 1 unspecified atom stereocenters. The molecule has 3 aromatic carbocycles. The van der Waals surface area contributed by atoms with E-state index in [0.717, 1.165) is 42.3 Å². The van der Waals surface area contributed by atoms with Crippen molar-refractivity contribution in [2.45, 2.75) is 51.4 Å². The molecule has 0 saturated heterocycles. The van der Waals surface area contributed by atoms with Gasteiger partial charge < -0.3 is 20.2 Å². The van der Waals surface area contributed by atoms with Crippen LogP contribution in [0.1, 0.15) is 55.3 Å². The number of para-hydroxylation sites is 1. The highest BCUT2D eigenvalue weighted by Crippen LogP contribution is 2.33. The molecule has 0 radical (unpaired) electrons. The Bertz CT molecular complexity index is 1610. The van der Waals surface area contributed by atoms with Crippen LogP contribution in [0.3, 0.4) is 0 Å². The van der Waals surface area contributed by atoms with Gasteiger partial charge in [-0.2, -0.15) is 0 Å². The molecule has 4 aromatic rings. The third kappa shape index (κ3) is 7.61. The van der Waals surface area contributed by atoms with Crippen LogP contribution in [0.15, 0.2) is 66.7 Å². The average Bonchev–Trinajstić information content (AvgIpc) is 3.04. The normalized spacial score (nSPS) is 13.1. The Balaban J connectivity index is 1.12. The molecule has 44 heavy (non-hydrogen) atoms. The van der Waals surface area contributed by atoms with Gasteiger partial charge in [-0.25, -0.2) is 4.39 Å². The van der Waals surface area contributed by atoms with Crippen molar-refractivity contribution in [3.05, 3.63) is 99.5 Å². The fourth-order valence-corrected chi connectivity index (χ4v) is 5.55. The van der Waals surface area contributed by atoms with Crippen LogP contribution in [0.5, 0.6) is 5.75 Å². The zero-order chi connectivity index (χ0) is 30.9. The molecule has 9 nitrogen and oxygen atoms in total. The summed E-state index contributed by atoms with van der Waals surface area (Å²) in [7, 11) is 0. The van der Waals surface area contributed by atoms with Crippen LogP contribution in [-0.4, -0.2) is 42.3 Å². The molecule has 0 fully saturated rings. The van der Waals surface area contributed by atoms with Gasteiger partial charge in [-0.05, 0) is 86.4 Å². The summed E-state index contributed by atoms with van der Waals surface area (Å²) in [5.41, 5.74) is 6.28. The van der Waals surface area contributed by atoms with E-state index in [9.17, 15) is 14.9 Å². The Kier molecular flexibility index (Phi) is 10.2. The molecule has 230 valence electrons. The Labute approximate surface area is 255 Å². The lowest BCUT2D eigenvalue weighted by molar-refractivity contribution is -0.757. The molecule has 1 heterocycles. The molecular weight excluding hydrogens is 563 g/mol. The summed E-state index contributed by atoms with van der Waals surface area (Å²) < 4.78 is 20.8. The SMILES string of the molecule is CC(C(=O)NCCNc1c2c(nc3ccccc13)CCCC2)c1ccc(-c2ccc(OCCCCO[N+](=O)[O-])cc2)c(F)c1. The van der Waals surface area contributed by atoms with Crippen LogP contribution < -0.4 is 15.4 Å². The van der Waals surface area contributed by atoms with Gasteiger partial charge in [-0.1, -0.05) is 42.5 Å². The number of carbonyl (C=O) groups excluding carboxylic acids is 1. The van der Waals surface area contributed by atoms with Gasteiger partial charge in [0.15, 0.2) is 0 Å². The molecular formula is C34H37FN4O5. The summed E-state index contributed by atoms with van der Waals surface area (Å²) in [6.45, 7) is 3.22. The summed E-state index contributed by atoms with van der Waals surface area (Å²) in [6.07, 6.45) is 5.42. The van der Waals surface area contributed by atoms with Gasteiger partial charge in [-0.15, -0.1) is 10.1 Å². The Morgan fingerprint density at radius 3 is 2.59 bits per heavy atom. The van der Waals surface area contributed by atoms with Crippen molar-refractivity contribution in [1.29, 1.82) is 0 Å². The second-order valence-corrected chi connectivity index (χ2v) is 11.0. The summed E-state index contributed by atoms with van der Waals surface area (Å²) in [4.78, 5) is 32.3. The van der Waals surface area contributed by atoms with E-state index in [0.29, 0.717) is 55.0 Å². The lowest BCUT2D eigenvalue weighted by Gasteiger charge is -2.22. The van der Waals surface area contributed by atoms with Gasteiger partial charge in [0.25, 0.3) is 5.09 Å². The third-order valence-corrected chi connectivity index (χ3v) is 7.95. The predicted octanol–water partition coefficient (Wildman–Crippen LogP) is 6.62. The van der Waals surface area contributed by atoms with Crippen LogP contribution in [-0.2, 0) is 22.5 Å². The maximum absolute atomic E-state index is 15.2. The van der Waals surface area contributed by atoms with Crippen LogP contribution in [0, 0.1) is 15.9 Å². The van der Waals surface area contributed by atoms with Crippen molar-refractivity contribution in [1.82, 2.24) is 10.3 Å². The molecule has 1 amide bonds. The molecule has 0 saturated carbocycles. The first-order valence-corrected chi connectivity index (χ1v) is 15.1. The van der Waals surface area contributed by atoms with Crippen molar-refractivity contribution in [3.8, 4) is 16.9 Å². The highest BCUT2D eigenvalue weighted by atomic mass is 19.1. The number of aromatic nitrogens is 1. The number of hydrogen-bond acceptors (Lipinski definition) is 7. The lowest BCUT2D eigenvalue weighted by atomic mass is 9.92. The van der Waals surface area contributed by atoms with Crippen molar-refractivity contribution in [2.24, 2.45) is 0 Å². The smallest absolute Gasteiger partial charge is 0.294 e. The van der Waals surface area contributed by atoms with Crippen LogP contribution in [0.25, 0.3) is 22.0 Å². The Morgan fingerprint density at radius 2 is 1.80 bits per heavy atom. The monoisotopic (exact) mass is 600 g/mol. The van der Waals surface area contributed by atoms with E-state index in [1.165, 1.54) is 17.3 Å². The van der Waals surface area contributed by atoms with E-state index in [1.54, 1.807) is 43.3 Å². The highest BCUT2D eigenvalue weighted by Gasteiger charge is 2.19. The van der Waals surface area contributed by atoms with Gasteiger partial charge in [0.05, 0.1) is 24.6 Å². The van der Waals surface area contributed by atoms with E-state index in [-0.39, 0.29) is 12.5 Å². The number of amides is 1. The summed E-state index contributed by atoms with van der Waals surface area (Å²) in [5.74, 6) is -0.457. The number of anilines is 1. The number of ether oxygens (including phenoxy) is 1. The van der Waals surface area contributed by atoms with Gasteiger partial charge in [0.2, 0.25) is 5.91 Å². The summed E-state index contributed by atoms with van der Waals surface area (Å²) in [5, 5.41) is 17.0. The van der Waals surface area contributed by atoms with Crippen LogP contribution in [0.2, 0.25) is 0 Å². The second-order valence-electron chi connectivity index (χ2n) is 11.0. The van der Waals surface area contributed by atoms with Gasteiger partial charge in [0.1, 0.15) is 11.6 Å². The fraction of sp³-hybridized carbons (Fsp3) is 0.353. The molecule has 1 aromatic heterocycles. The number of pyridine rings is 1. The molecule has 1 atom stereocenters. The minimum atomic E-state index is -0.809. The maximum atomic E-state index is 15.2. The standard InChI is InChI=1S/C34H37FN4O5/c1-23(34(40)37-19-18-36-33-28-8-2-4-10-31(28)38-32-11-5-3-9-29(32)33)25-14-17-27(30(35)22-25)24-12-15-26(16-13-24)43-20-6-7-21-44-39(41)42/h2,4,8,10,12-17,22-23H,3,5-7,9,11,18-21H2,1H3,(H,36,38)(H,37,40). The van der Waals surface area contributed by atoms with Crippen molar-refractivity contribution < 1.29 is 23.8 Å². The molecule has 0 bridgehead atoms. The first kappa shape index (κ1) is 30.7. The van der Waals surface area contributed by atoms with Crippen LogP contribution >= 0.6 is 0 Å². The molecule has 5 rings (SSSR count). The molecule has 1 aliphatic carbocycles. The van der Waals surface area contributed by atoms with E-state index >= 15 is 4.39 Å². The van der Waals surface area contributed by atoms with E-state index in [4.69, 9.17) is 9.72 Å².